The van der Waals surface area contributed by atoms with Gasteiger partial charge in [0, 0.05) is 54.9 Å². The topological polar surface area (TPSA) is 54.0 Å². The second kappa shape index (κ2) is 8.81. The molecule has 164 valence electrons. The van der Waals surface area contributed by atoms with Gasteiger partial charge in [-0.3, -0.25) is 4.90 Å². The highest BCUT2D eigenvalue weighted by Gasteiger charge is 2.21. The van der Waals surface area contributed by atoms with Crippen molar-refractivity contribution in [1.29, 1.82) is 0 Å². The summed E-state index contributed by atoms with van der Waals surface area (Å²) in [5.74, 6) is 1.77. The van der Waals surface area contributed by atoms with Gasteiger partial charge in [-0.05, 0) is 34.7 Å². The first-order chi connectivity index (χ1) is 16.3. The highest BCUT2D eigenvalue weighted by Crippen LogP contribution is 2.31. The zero-order valence-corrected chi connectivity index (χ0v) is 19.0. The third-order valence-electron chi connectivity index (χ3n) is 6.13. The van der Waals surface area contributed by atoms with Crippen LogP contribution in [0.1, 0.15) is 22.4 Å². The van der Waals surface area contributed by atoms with Gasteiger partial charge in [0.05, 0.1) is 10.6 Å². The summed E-state index contributed by atoms with van der Waals surface area (Å²) in [7, 11) is 0. The fourth-order valence-corrected chi connectivity index (χ4v) is 5.14. The van der Waals surface area contributed by atoms with Crippen LogP contribution in [0.15, 0.2) is 78.4 Å². The van der Waals surface area contributed by atoms with E-state index in [9.17, 15) is 0 Å². The normalized spacial score (nSPS) is 13.8. The lowest BCUT2D eigenvalue weighted by Gasteiger charge is -2.28. The number of H-pyrrole nitrogens is 1. The molecule has 5 aromatic rings. The summed E-state index contributed by atoms with van der Waals surface area (Å²) < 4.78 is 6.24. The Labute approximate surface area is 196 Å². The Morgan fingerprint density at radius 2 is 1.97 bits per heavy atom. The summed E-state index contributed by atoms with van der Waals surface area (Å²) in [4.78, 5) is 16.5. The first kappa shape index (κ1) is 20.1. The number of thiophene rings is 1. The van der Waals surface area contributed by atoms with E-state index in [1.165, 1.54) is 27.8 Å². The number of aromatic amines is 1. The van der Waals surface area contributed by atoms with Gasteiger partial charge < -0.3 is 9.72 Å². The van der Waals surface area contributed by atoms with E-state index in [1.807, 2.05) is 36.5 Å². The van der Waals surface area contributed by atoms with Gasteiger partial charge in [-0.25, -0.2) is 9.97 Å². The second-order valence-electron chi connectivity index (χ2n) is 8.37. The molecule has 0 fully saturated rings. The largest absolute Gasteiger partial charge is 0.488 e. The summed E-state index contributed by atoms with van der Waals surface area (Å²) in [5.41, 5.74) is 5.93. The van der Waals surface area contributed by atoms with Crippen molar-refractivity contribution in [2.45, 2.75) is 26.1 Å². The Kier molecular flexibility index (Phi) is 5.38. The summed E-state index contributed by atoms with van der Waals surface area (Å²) in [5, 5.41) is 3.24. The van der Waals surface area contributed by atoms with Crippen LogP contribution in [0.2, 0.25) is 0 Å². The van der Waals surface area contributed by atoms with Crippen molar-refractivity contribution in [3.05, 3.63) is 101 Å². The molecule has 0 amide bonds. The molecule has 2 aromatic carbocycles. The monoisotopic (exact) mass is 452 g/mol. The molecular weight excluding hydrogens is 428 g/mol. The van der Waals surface area contributed by atoms with Gasteiger partial charge in [0.1, 0.15) is 12.4 Å². The molecule has 0 bridgehead atoms. The summed E-state index contributed by atoms with van der Waals surface area (Å²) in [6.07, 6.45) is 5.06. The van der Waals surface area contributed by atoms with E-state index >= 15 is 0 Å². The van der Waals surface area contributed by atoms with Crippen molar-refractivity contribution in [3.8, 4) is 16.5 Å². The molecule has 1 N–H and O–H groups in total. The lowest BCUT2D eigenvalue weighted by Crippen LogP contribution is -2.30. The van der Waals surface area contributed by atoms with Crippen molar-refractivity contribution >= 4 is 22.2 Å². The lowest BCUT2D eigenvalue weighted by molar-refractivity contribution is 0.243. The lowest BCUT2D eigenvalue weighted by atomic mass is 10.1. The molecule has 0 radical (unpaired) electrons. The number of hydrogen-bond donors (Lipinski definition) is 1. The number of hydrogen-bond acceptors (Lipinski definition) is 5. The van der Waals surface area contributed by atoms with Crippen LogP contribution in [-0.2, 0) is 26.1 Å². The zero-order valence-electron chi connectivity index (χ0n) is 18.2. The second-order valence-corrected chi connectivity index (χ2v) is 9.32. The smallest absolute Gasteiger partial charge is 0.169 e. The van der Waals surface area contributed by atoms with Gasteiger partial charge in [0.15, 0.2) is 5.82 Å². The van der Waals surface area contributed by atoms with Crippen molar-refractivity contribution < 1.29 is 4.74 Å². The van der Waals surface area contributed by atoms with Gasteiger partial charge >= 0.3 is 0 Å². The van der Waals surface area contributed by atoms with Gasteiger partial charge in [0.25, 0.3) is 0 Å². The van der Waals surface area contributed by atoms with E-state index in [2.05, 4.69) is 56.8 Å². The van der Waals surface area contributed by atoms with Gasteiger partial charge in [0.2, 0.25) is 0 Å². The van der Waals surface area contributed by atoms with Crippen LogP contribution in [0.4, 0.5) is 0 Å². The highest BCUT2D eigenvalue weighted by atomic mass is 32.1. The summed E-state index contributed by atoms with van der Waals surface area (Å²) in [6, 6.07) is 20.6. The molecule has 1 aliphatic rings. The fourth-order valence-electron chi connectivity index (χ4n) is 4.47. The van der Waals surface area contributed by atoms with Crippen LogP contribution in [0, 0.1) is 0 Å². The van der Waals surface area contributed by atoms with Crippen molar-refractivity contribution in [1.82, 2.24) is 19.9 Å². The molecule has 0 aliphatic carbocycles. The maximum absolute atomic E-state index is 6.24. The molecule has 0 unspecified atom stereocenters. The average Bonchev–Trinajstić information content (AvgIpc) is 3.54. The number of nitrogens with zero attached hydrogens (tertiary/aromatic N) is 3. The molecule has 33 heavy (non-hydrogen) atoms. The third kappa shape index (κ3) is 4.15. The van der Waals surface area contributed by atoms with Crippen LogP contribution in [0.25, 0.3) is 21.6 Å². The average molecular weight is 453 g/mol. The number of nitrogens with one attached hydrogen (secondary N) is 1. The highest BCUT2D eigenvalue weighted by molar-refractivity contribution is 7.13. The van der Waals surface area contributed by atoms with E-state index in [-0.39, 0.29) is 0 Å². The van der Waals surface area contributed by atoms with Crippen LogP contribution in [0.5, 0.6) is 5.75 Å². The van der Waals surface area contributed by atoms with E-state index in [0.717, 1.165) is 48.0 Å². The predicted molar refractivity (Wildman–Crippen MR) is 132 cm³/mol. The SMILES string of the molecule is c1ccc(COc2cccc3[nH]cc(CN4CCc5nc(-c6cccs6)ncc5C4)c23)cc1. The molecule has 0 saturated carbocycles. The fraction of sp³-hybridized carbons (Fsp3) is 0.185. The van der Waals surface area contributed by atoms with Crippen LogP contribution in [-0.4, -0.2) is 26.4 Å². The number of aromatic nitrogens is 3. The van der Waals surface area contributed by atoms with Gasteiger partial charge in [-0.15, -0.1) is 11.3 Å². The first-order valence-corrected chi connectivity index (χ1v) is 12.1. The molecule has 1 aliphatic heterocycles. The Morgan fingerprint density at radius 1 is 1.03 bits per heavy atom. The molecule has 0 spiro atoms. The molecule has 4 heterocycles. The van der Waals surface area contributed by atoms with Gasteiger partial charge in [-0.2, -0.15) is 0 Å². The van der Waals surface area contributed by atoms with E-state index in [4.69, 9.17) is 9.72 Å². The zero-order chi connectivity index (χ0) is 22.0. The number of ether oxygens (including phenoxy) is 1. The van der Waals surface area contributed by atoms with E-state index < -0.39 is 0 Å². The minimum absolute atomic E-state index is 0.561. The maximum atomic E-state index is 6.24. The van der Waals surface area contributed by atoms with Crippen molar-refractivity contribution in [2.75, 3.05) is 6.54 Å². The summed E-state index contributed by atoms with van der Waals surface area (Å²) in [6.45, 7) is 3.26. The van der Waals surface area contributed by atoms with E-state index in [1.54, 1.807) is 11.3 Å². The Balaban J connectivity index is 1.21. The Hall–Kier alpha value is -3.48. The molecule has 3 aromatic heterocycles. The number of fused-ring (bicyclic) bond motifs is 2. The number of rotatable bonds is 6. The van der Waals surface area contributed by atoms with Crippen molar-refractivity contribution in [2.24, 2.45) is 0 Å². The predicted octanol–water partition coefficient (Wildman–Crippen LogP) is 5.82. The minimum Gasteiger partial charge on any atom is -0.488 e. The molecule has 0 saturated heterocycles. The minimum atomic E-state index is 0.561. The van der Waals surface area contributed by atoms with Crippen LogP contribution in [0.3, 0.4) is 0 Å². The molecule has 5 nitrogen and oxygen atoms in total. The Morgan fingerprint density at radius 3 is 2.85 bits per heavy atom. The first-order valence-electron chi connectivity index (χ1n) is 11.2. The maximum Gasteiger partial charge on any atom is 0.169 e. The molecule has 0 atom stereocenters. The summed E-state index contributed by atoms with van der Waals surface area (Å²) >= 11 is 1.68. The van der Waals surface area contributed by atoms with Crippen molar-refractivity contribution in [3.63, 3.8) is 0 Å². The molecular formula is C27H24N4OS. The van der Waals surface area contributed by atoms with Gasteiger partial charge in [-0.1, -0.05) is 42.5 Å². The van der Waals surface area contributed by atoms with E-state index in [0.29, 0.717) is 6.61 Å². The van der Waals surface area contributed by atoms with Crippen LogP contribution >= 0.6 is 11.3 Å². The quantitative estimate of drug-likeness (QED) is 0.352. The third-order valence-corrected chi connectivity index (χ3v) is 7.00. The Bertz CT molecular complexity index is 1380. The number of benzene rings is 2. The van der Waals surface area contributed by atoms with Crippen LogP contribution < -0.4 is 4.74 Å². The molecule has 6 rings (SSSR count). The standard InChI is InChI=1S/C27H24N4OS/c1-2-6-19(7-3-1)18-32-24-9-4-8-23-26(24)21(15-28-23)17-31-12-11-22-20(16-31)14-29-27(30-22)25-10-5-13-33-25/h1-10,13-15,28H,11-12,16-18H2. The molecule has 6 heteroatoms.